The molecule has 0 unspecified atom stereocenters. The molecule has 0 bridgehead atoms. The monoisotopic (exact) mass is 368 g/mol. The molecule has 0 spiro atoms. The first-order valence-corrected chi connectivity index (χ1v) is 10.2. The Morgan fingerprint density at radius 2 is 1.57 bits per heavy atom. The Morgan fingerprint density at radius 3 is 2.43 bits per heavy atom. The van der Waals surface area contributed by atoms with E-state index in [0.717, 1.165) is 11.1 Å². The molecule has 4 rings (SSSR count). The van der Waals surface area contributed by atoms with Gasteiger partial charge in [-0.1, -0.05) is 91.1 Å². The van der Waals surface area contributed by atoms with Gasteiger partial charge in [-0.3, -0.25) is 0 Å². The van der Waals surface area contributed by atoms with Crippen LogP contribution in [0.3, 0.4) is 0 Å². The Hall–Kier alpha value is -2.87. The lowest BCUT2D eigenvalue weighted by atomic mass is 9.84. The first-order chi connectivity index (χ1) is 13.9. The quantitative estimate of drug-likeness (QED) is 0.345. The lowest BCUT2D eigenvalue weighted by Gasteiger charge is -2.22. The van der Waals surface area contributed by atoms with Crippen LogP contribution in [0.5, 0.6) is 0 Å². The van der Waals surface area contributed by atoms with E-state index in [4.69, 9.17) is 4.84 Å². The van der Waals surface area contributed by atoms with Crippen molar-refractivity contribution in [3.05, 3.63) is 95.6 Å². The molecular weight excluding hydrogens is 342 g/mol. The molecule has 0 atom stereocenters. The van der Waals surface area contributed by atoms with E-state index in [9.17, 15) is 0 Å². The second-order valence-corrected chi connectivity index (χ2v) is 7.50. The number of nitrogens with zero attached hydrogens (tertiary/aromatic N) is 1. The topological polar surface area (TPSA) is 21.6 Å². The molecule has 28 heavy (non-hydrogen) atoms. The number of hydrogen-bond donors (Lipinski definition) is 0. The molecule has 2 heteroatoms. The molecule has 1 radical (unpaired) electrons. The van der Waals surface area contributed by atoms with Crippen LogP contribution in [-0.2, 0) is 11.4 Å². The Bertz CT molecular complexity index is 910. The predicted molar refractivity (Wildman–Crippen MR) is 115 cm³/mol. The summed E-state index contributed by atoms with van der Waals surface area (Å²) in [6, 6.07) is 27.3. The van der Waals surface area contributed by atoms with E-state index in [1.54, 1.807) is 0 Å². The third-order valence-corrected chi connectivity index (χ3v) is 5.47. The number of benzene rings is 3. The number of rotatable bonds is 6. The third-order valence-electron chi connectivity index (χ3n) is 5.47. The summed E-state index contributed by atoms with van der Waals surface area (Å²) in [6.07, 6.45) is 9.71. The van der Waals surface area contributed by atoms with E-state index in [1.165, 1.54) is 48.8 Å². The summed E-state index contributed by atoms with van der Waals surface area (Å²) in [6.45, 7) is 0.440. The highest BCUT2D eigenvalue weighted by atomic mass is 16.6. The van der Waals surface area contributed by atoms with Crippen molar-refractivity contribution in [1.82, 2.24) is 0 Å². The van der Waals surface area contributed by atoms with Gasteiger partial charge in [0, 0.05) is 5.56 Å². The van der Waals surface area contributed by atoms with Crippen LogP contribution in [-0.4, -0.2) is 6.21 Å². The van der Waals surface area contributed by atoms with Crippen molar-refractivity contribution in [3.63, 3.8) is 0 Å². The van der Waals surface area contributed by atoms with Gasteiger partial charge in [0.1, 0.15) is 12.8 Å². The first kappa shape index (κ1) is 18.5. The maximum absolute atomic E-state index is 5.51. The summed E-state index contributed by atoms with van der Waals surface area (Å²) in [7, 11) is 0. The van der Waals surface area contributed by atoms with Crippen molar-refractivity contribution >= 4 is 6.21 Å². The van der Waals surface area contributed by atoms with Crippen molar-refractivity contribution in [2.45, 2.75) is 44.6 Å². The van der Waals surface area contributed by atoms with E-state index in [1.807, 2.05) is 12.1 Å². The average Bonchev–Trinajstić information content (AvgIpc) is 2.78. The standard InChI is InChI=1S/C26H26NO/c1-3-11-23(12-4-1)25-15-7-9-21(17-25)19-27-28-20-22-10-8-16-26(18-22)24-13-5-2-6-14-24/h2,5-10,13-18,23H,1,3-4,11-12,20H2. The molecule has 0 saturated heterocycles. The van der Waals surface area contributed by atoms with Gasteiger partial charge >= 0.3 is 0 Å². The van der Waals surface area contributed by atoms with E-state index in [-0.39, 0.29) is 0 Å². The van der Waals surface area contributed by atoms with Gasteiger partial charge in [-0.05, 0) is 53.1 Å². The molecule has 0 N–H and O–H groups in total. The highest BCUT2D eigenvalue weighted by molar-refractivity contribution is 5.79. The van der Waals surface area contributed by atoms with Gasteiger partial charge in [-0.25, -0.2) is 0 Å². The van der Waals surface area contributed by atoms with Crippen LogP contribution in [0.2, 0.25) is 0 Å². The van der Waals surface area contributed by atoms with Gasteiger partial charge < -0.3 is 4.84 Å². The number of hydrogen-bond acceptors (Lipinski definition) is 2. The SMILES string of the molecule is [C](=N/OCc1cccc(-c2ccccc2)c1)/c1cccc(C2CCCCC2)c1. The second kappa shape index (κ2) is 9.36. The minimum absolute atomic E-state index is 0.440. The smallest absolute Gasteiger partial charge is 0.142 e. The highest BCUT2D eigenvalue weighted by Gasteiger charge is 2.15. The van der Waals surface area contributed by atoms with Crippen LogP contribution in [0.15, 0.2) is 84.0 Å². The summed E-state index contributed by atoms with van der Waals surface area (Å²) in [5.41, 5.74) is 5.90. The molecule has 0 amide bonds. The lowest BCUT2D eigenvalue weighted by molar-refractivity contribution is 0.132. The first-order valence-electron chi connectivity index (χ1n) is 10.2. The van der Waals surface area contributed by atoms with Gasteiger partial charge in [0.15, 0.2) is 0 Å². The molecule has 2 nitrogen and oxygen atoms in total. The van der Waals surface area contributed by atoms with Crippen molar-refractivity contribution in [1.29, 1.82) is 0 Å². The Labute approximate surface area is 167 Å². The van der Waals surface area contributed by atoms with Crippen LogP contribution in [0, 0.1) is 0 Å². The fourth-order valence-corrected chi connectivity index (χ4v) is 3.96. The third kappa shape index (κ3) is 4.89. The molecule has 1 saturated carbocycles. The van der Waals surface area contributed by atoms with E-state index >= 15 is 0 Å². The van der Waals surface area contributed by atoms with E-state index in [2.05, 4.69) is 78.1 Å². The molecule has 1 aliphatic carbocycles. The molecular formula is C26H26NO. The molecule has 1 fully saturated rings. The van der Waals surface area contributed by atoms with E-state index < -0.39 is 0 Å². The lowest BCUT2D eigenvalue weighted by Crippen LogP contribution is -2.04. The Kier molecular flexibility index (Phi) is 6.18. The zero-order valence-corrected chi connectivity index (χ0v) is 16.2. The largest absolute Gasteiger partial charge is 0.390 e. The fraction of sp³-hybridized carbons (Fsp3) is 0.269. The van der Waals surface area contributed by atoms with Gasteiger partial charge in [-0.15, -0.1) is 0 Å². The van der Waals surface area contributed by atoms with Crippen molar-refractivity contribution in [2.75, 3.05) is 0 Å². The zero-order chi connectivity index (χ0) is 19.0. The summed E-state index contributed by atoms with van der Waals surface area (Å²) >= 11 is 0. The van der Waals surface area contributed by atoms with Crippen molar-refractivity contribution in [3.8, 4) is 11.1 Å². The Balaban J connectivity index is 1.36. The van der Waals surface area contributed by atoms with Gasteiger partial charge in [0.05, 0.1) is 0 Å². The maximum atomic E-state index is 5.51. The summed E-state index contributed by atoms with van der Waals surface area (Å²) in [5.74, 6) is 0.692. The van der Waals surface area contributed by atoms with Crippen LogP contribution < -0.4 is 0 Å². The summed E-state index contributed by atoms with van der Waals surface area (Å²) in [4.78, 5) is 5.51. The molecule has 3 aromatic rings. The fourth-order valence-electron chi connectivity index (χ4n) is 3.96. The summed E-state index contributed by atoms with van der Waals surface area (Å²) in [5, 5.41) is 4.08. The van der Waals surface area contributed by atoms with Gasteiger partial charge in [-0.2, -0.15) is 0 Å². The molecule has 0 aliphatic heterocycles. The normalized spacial score (nSPS) is 15.0. The Morgan fingerprint density at radius 1 is 0.786 bits per heavy atom. The van der Waals surface area contributed by atoms with Crippen molar-refractivity contribution < 1.29 is 4.84 Å². The van der Waals surface area contributed by atoms with Crippen LogP contribution in [0.1, 0.15) is 54.7 Å². The molecule has 3 aromatic carbocycles. The van der Waals surface area contributed by atoms with Crippen LogP contribution in [0.4, 0.5) is 0 Å². The minimum Gasteiger partial charge on any atom is -0.390 e. The molecule has 0 heterocycles. The van der Waals surface area contributed by atoms with Crippen molar-refractivity contribution in [2.24, 2.45) is 5.16 Å². The predicted octanol–water partition coefficient (Wildman–Crippen LogP) is 6.83. The summed E-state index contributed by atoms with van der Waals surface area (Å²) < 4.78 is 0. The van der Waals surface area contributed by atoms with Gasteiger partial charge in [0.2, 0.25) is 0 Å². The van der Waals surface area contributed by atoms with E-state index in [0.29, 0.717) is 12.5 Å². The van der Waals surface area contributed by atoms with Gasteiger partial charge in [0.25, 0.3) is 0 Å². The van der Waals surface area contributed by atoms with Crippen LogP contribution >= 0.6 is 0 Å². The second-order valence-electron chi connectivity index (χ2n) is 7.50. The average molecular weight is 369 g/mol. The highest BCUT2D eigenvalue weighted by Crippen LogP contribution is 2.32. The molecule has 0 aromatic heterocycles. The van der Waals surface area contributed by atoms with Crippen LogP contribution in [0.25, 0.3) is 11.1 Å². The zero-order valence-electron chi connectivity index (χ0n) is 16.2. The molecule has 1 aliphatic rings. The maximum Gasteiger partial charge on any atom is 0.142 e. The minimum atomic E-state index is 0.440. The molecule has 141 valence electrons.